The van der Waals surface area contributed by atoms with E-state index in [4.69, 9.17) is 23.7 Å². The Kier molecular flexibility index (Phi) is 10.0. The van der Waals surface area contributed by atoms with Gasteiger partial charge >= 0.3 is 0 Å². The van der Waals surface area contributed by atoms with Gasteiger partial charge in [0.25, 0.3) is 0 Å². The van der Waals surface area contributed by atoms with Gasteiger partial charge in [0.05, 0.1) is 25.9 Å². The maximum atomic E-state index is 10.7. The number of aromatic hydroxyl groups is 1. The standard InChI is InChI=1S/C30H40O12/c31-15-30(37)16-39-29(27(30)36)38-14-23-24(33)25(34)26(35)28(42-23)41-19-4-2-1-3-18-8-12-21(32)22(13-18)40-20-10-6-17(5-9-19)7-11-20/h6-8,10-13,19,23-29,31-37H,1-5,9,14-16H2/t19-,23-,24-,25+,26-,27+,28-,29-,30-/m1/s1. The quantitative estimate of drug-likeness (QED) is 0.246. The summed E-state index contributed by atoms with van der Waals surface area (Å²) in [6.45, 7) is -1.42. The minimum absolute atomic E-state index is 0.0706. The van der Waals surface area contributed by atoms with Gasteiger partial charge in [0, 0.05) is 0 Å². The molecule has 0 aromatic heterocycles. The van der Waals surface area contributed by atoms with Gasteiger partial charge in [-0.15, -0.1) is 0 Å². The number of benzene rings is 2. The summed E-state index contributed by atoms with van der Waals surface area (Å²) in [6, 6.07) is 12.8. The van der Waals surface area contributed by atoms with Gasteiger partial charge in [-0.1, -0.05) is 24.6 Å². The van der Waals surface area contributed by atoms with Gasteiger partial charge in [0.2, 0.25) is 0 Å². The van der Waals surface area contributed by atoms with Gasteiger partial charge < -0.3 is 59.4 Å². The van der Waals surface area contributed by atoms with Crippen molar-refractivity contribution in [2.45, 2.75) is 93.3 Å². The zero-order valence-corrected chi connectivity index (χ0v) is 23.2. The van der Waals surface area contributed by atoms with Crippen LogP contribution in [0.2, 0.25) is 0 Å². The molecule has 0 aliphatic carbocycles. The first-order valence-electron chi connectivity index (χ1n) is 14.3. The lowest BCUT2D eigenvalue weighted by Crippen LogP contribution is -2.60. The summed E-state index contributed by atoms with van der Waals surface area (Å²) in [5.41, 5.74) is 0.182. The van der Waals surface area contributed by atoms with Crippen molar-refractivity contribution >= 4 is 0 Å². The fraction of sp³-hybridized carbons (Fsp3) is 0.600. The second-order valence-electron chi connectivity index (χ2n) is 11.3. The maximum absolute atomic E-state index is 10.7. The molecule has 42 heavy (non-hydrogen) atoms. The monoisotopic (exact) mass is 592 g/mol. The van der Waals surface area contributed by atoms with Gasteiger partial charge in [-0.3, -0.25) is 0 Å². The molecule has 12 nitrogen and oxygen atoms in total. The zero-order chi connectivity index (χ0) is 29.9. The van der Waals surface area contributed by atoms with E-state index in [1.165, 1.54) is 0 Å². The minimum atomic E-state index is -1.87. The number of aliphatic hydroxyl groups is 6. The molecular weight excluding hydrogens is 552 g/mol. The van der Waals surface area contributed by atoms with E-state index < -0.39 is 55.3 Å². The van der Waals surface area contributed by atoms with Crippen LogP contribution in [0, 0.1) is 0 Å². The molecule has 4 heterocycles. The summed E-state index contributed by atoms with van der Waals surface area (Å²) in [5, 5.41) is 71.8. The Hall–Kier alpha value is -2.36. The third-order valence-electron chi connectivity index (χ3n) is 8.17. The molecule has 0 spiro atoms. The molecule has 4 aliphatic rings. The number of rotatable bonds is 6. The van der Waals surface area contributed by atoms with Gasteiger partial charge in [-0.05, 0) is 67.5 Å². The van der Waals surface area contributed by atoms with Crippen molar-refractivity contribution < 1.29 is 59.4 Å². The van der Waals surface area contributed by atoms with Crippen LogP contribution < -0.4 is 4.74 Å². The van der Waals surface area contributed by atoms with E-state index in [1.807, 2.05) is 36.4 Å². The van der Waals surface area contributed by atoms with E-state index in [1.54, 1.807) is 6.07 Å². The predicted molar refractivity (Wildman–Crippen MR) is 146 cm³/mol. The van der Waals surface area contributed by atoms with Crippen LogP contribution in [0.15, 0.2) is 42.5 Å². The first-order chi connectivity index (χ1) is 20.2. The van der Waals surface area contributed by atoms with Gasteiger partial charge in [-0.25, -0.2) is 0 Å². The fourth-order valence-corrected chi connectivity index (χ4v) is 5.44. The van der Waals surface area contributed by atoms with Crippen molar-refractivity contribution in [3.05, 3.63) is 53.6 Å². The average Bonchev–Trinajstić information content (AvgIpc) is 3.28. The molecule has 7 N–H and O–H groups in total. The first kappa shape index (κ1) is 31.1. The van der Waals surface area contributed by atoms with Gasteiger partial charge in [-0.2, -0.15) is 0 Å². The highest BCUT2D eigenvalue weighted by Crippen LogP contribution is 2.33. The number of hydrogen-bond donors (Lipinski definition) is 7. The summed E-state index contributed by atoms with van der Waals surface area (Å²) in [4.78, 5) is 0. The predicted octanol–water partition coefficient (Wildman–Crippen LogP) is 0.493. The SMILES string of the molecule is OC[C@@]1(O)CO[C@@H](OC[C@H]2O[C@@H](O[C@@H]3CCCCc4ccc(O)c(c4)Oc4ccc(cc4)CC3)[C@H](O)[C@@H](O)[C@@H]2O)[C@@H]1O. The van der Waals surface area contributed by atoms with Gasteiger partial charge in [0.1, 0.15) is 41.9 Å². The number of phenols is 1. The largest absolute Gasteiger partial charge is 0.504 e. The lowest BCUT2D eigenvalue weighted by Gasteiger charge is -2.41. The maximum Gasteiger partial charge on any atom is 0.186 e. The number of phenolic OH excluding ortho intramolecular Hbond substituents is 1. The summed E-state index contributed by atoms with van der Waals surface area (Å²) < 4.78 is 28.7. The van der Waals surface area contributed by atoms with E-state index in [0.29, 0.717) is 30.8 Å². The summed E-state index contributed by atoms with van der Waals surface area (Å²) >= 11 is 0. The molecule has 2 aromatic rings. The van der Waals surface area contributed by atoms with E-state index in [9.17, 15) is 35.7 Å². The molecule has 9 atom stereocenters. The normalized spacial score (nSPS) is 35.8. The Morgan fingerprint density at radius 3 is 2.36 bits per heavy atom. The smallest absolute Gasteiger partial charge is 0.186 e. The van der Waals surface area contributed by atoms with Crippen molar-refractivity contribution in [2.75, 3.05) is 19.8 Å². The van der Waals surface area contributed by atoms with Crippen molar-refractivity contribution in [1.82, 2.24) is 0 Å². The molecule has 4 aliphatic heterocycles. The van der Waals surface area contributed by atoms with Crippen LogP contribution >= 0.6 is 0 Å². The third-order valence-corrected chi connectivity index (χ3v) is 8.17. The molecule has 0 unspecified atom stereocenters. The second-order valence-corrected chi connectivity index (χ2v) is 11.3. The van der Waals surface area contributed by atoms with Crippen LogP contribution in [0.3, 0.4) is 0 Å². The Labute approximate surface area is 243 Å². The Balaban J connectivity index is 1.24. The van der Waals surface area contributed by atoms with E-state index in [-0.39, 0.29) is 25.1 Å². The average molecular weight is 593 g/mol. The molecule has 0 saturated carbocycles. The molecule has 6 rings (SSSR count). The van der Waals surface area contributed by atoms with Crippen LogP contribution in [-0.2, 0) is 31.8 Å². The topological polar surface area (TPSA) is 188 Å². The first-order valence-corrected chi connectivity index (χ1v) is 14.3. The molecular formula is C30H40O12. The van der Waals surface area contributed by atoms with Gasteiger partial charge in [0.15, 0.2) is 24.1 Å². The Bertz CT molecular complexity index is 1160. The molecule has 232 valence electrons. The van der Waals surface area contributed by atoms with Crippen molar-refractivity contribution in [2.24, 2.45) is 0 Å². The zero-order valence-electron chi connectivity index (χ0n) is 23.2. The van der Waals surface area contributed by atoms with E-state index >= 15 is 0 Å². The number of aryl methyl sites for hydroxylation is 2. The number of aliphatic hydroxyl groups excluding tert-OH is 5. The van der Waals surface area contributed by atoms with Crippen LogP contribution in [-0.4, -0.2) is 110 Å². The summed E-state index contributed by atoms with van der Waals surface area (Å²) in [7, 11) is 0. The van der Waals surface area contributed by atoms with Crippen molar-refractivity contribution in [3.8, 4) is 17.2 Å². The number of hydrogen-bond acceptors (Lipinski definition) is 12. The lowest BCUT2D eigenvalue weighted by molar-refractivity contribution is -0.319. The molecule has 2 saturated heterocycles. The van der Waals surface area contributed by atoms with E-state index in [0.717, 1.165) is 30.4 Å². The highest BCUT2D eigenvalue weighted by molar-refractivity contribution is 5.45. The lowest BCUT2D eigenvalue weighted by atomic mass is 9.98. The fourth-order valence-electron chi connectivity index (χ4n) is 5.44. The van der Waals surface area contributed by atoms with E-state index in [2.05, 4.69) is 0 Å². The highest BCUT2D eigenvalue weighted by atomic mass is 16.7. The minimum Gasteiger partial charge on any atom is -0.504 e. The van der Waals surface area contributed by atoms with Crippen LogP contribution in [0.5, 0.6) is 17.2 Å². The van der Waals surface area contributed by atoms with Crippen LogP contribution in [0.1, 0.15) is 36.8 Å². The second kappa shape index (κ2) is 13.5. The Morgan fingerprint density at radius 1 is 0.857 bits per heavy atom. The number of fused-ring (bicyclic) bond motifs is 8. The Morgan fingerprint density at radius 2 is 1.62 bits per heavy atom. The third kappa shape index (κ3) is 7.05. The molecule has 2 aromatic carbocycles. The number of ether oxygens (including phenoxy) is 5. The summed E-state index contributed by atoms with van der Waals surface area (Å²) in [6.07, 6.45) is -5.87. The molecule has 0 amide bonds. The van der Waals surface area contributed by atoms with Crippen LogP contribution in [0.4, 0.5) is 0 Å². The molecule has 0 radical (unpaired) electrons. The van der Waals surface area contributed by atoms with Crippen molar-refractivity contribution in [1.29, 1.82) is 0 Å². The van der Waals surface area contributed by atoms with Crippen LogP contribution in [0.25, 0.3) is 0 Å². The highest BCUT2D eigenvalue weighted by Gasteiger charge is 2.50. The van der Waals surface area contributed by atoms with Crippen molar-refractivity contribution in [3.63, 3.8) is 0 Å². The molecule has 2 fully saturated rings. The molecule has 12 heteroatoms. The molecule has 4 bridgehead atoms. The summed E-state index contributed by atoms with van der Waals surface area (Å²) in [5.74, 6) is 1.07.